The third kappa shape index (κ3) is 4.70. The van der Waals surface area contributed by atoms with Crippen LogP contribution in [-0.4, -0.2) is 25.1 Å². The standard InChI is InChI=1S/C20H19NO4/c1-14-2-6-17(7-3-14)21-19(22)13-25-20(23)9-5-15-4-8-18-16(12-15)10-11-24-18/h2-9,12H,10-11,13H2,1H3,(H,21,22)/b9-5+. The lowest BCUT2D eigenvalue weighted by atomic mass is 10.1. The van der Waals surface area contributed by atoms with Crippen LogP contribution in [0.3, 0.4) is 0 Å². The topological polar surface area (TPSA) is 64.6 Å². The van der Waals surface area contributed by atoms with Gasteiger partial charge in [0.25, 0.3) is 5.91 Å². The highest BCUT2D eigenvalue weighted by Gasteiger charge is 2.11. The van der Waals surface area contributed by atoms with Crippen molar-refractivity contribution < 1.29 is 19.1 Å². The molecule has 1 aliphatic heterocycles. The number of hydrogen-bond donors (Lipinski definition) is 1. The molecule has 0 saturated carbocycles. The van der Waals surface area contributed by atoms with Crippen molar-refractivity contribution in [3.63, 3.8) is 0 Å². The Bertz CT molecular complexity index is 809. The highest BCUT2D eigenvalue weighted by molar-refractivity contribution is 5.94. The Balaban J connectivity index is 1.47. The molecule has 0 spiro atoms. The fourth-order valence-electron chi connectivity index (χ4n) is 2.49. The number of fused-ring (bicyclic) bond motifs is 1. The summed E-state index contributed by atoms with van der Waals surface area (Å²) in [4.78, 5) is 23.5. The molecule has 0 radical (unpaired) electrons. The van der Waals surface area contributed by atoms with Gasteiger partial charge >= 0.3 is 5.97 Å². The van der Waals surface area contributed by atoms with E-state index in [1.54, 1.807) is 18.2 Å². The maximum atomic E-state index is 11.8. The van der Waals surface area contributed by atoms with Crippen LogP contribution in [0.1, 0.15) is 16.7 Å². The van der Waals surface area contributed by atoms with Crippen molar-refractivity contribution >= 4 is 23.6 Å². The van der Waals surface area contributed by atoms with E-state index in [-0.39, 0.29) is 12.5 Å². The molecule has 1 aliphatic rings. The first-order valence-electron chi connectivity index (χ1n) is 8.07. The molecule has 0 saturated heterocycles. The van der Waals surface area contributed by atoms with Gasteiger partial charge in [0.2, 0.25) is 0 Å². The lowest BCUT2D eigenvalue weighted by Gasteiger charge is -2.05. The summed E-state index contributed by atoms with van der Waals surface area (Å²) in [5, 5.41) is 2.67. The Morgan fingerprint density at radius 1 is 1.20 bits per heavy atom. The molecule has 5 heteroatoms. The molecule has 128 valence electrons. The van der Waals surface area contributed by atoms with Gasteiger partial charge in [-0.25, -0.2) is 4.79 Å². The molecule has 0 fully saturated rings. The lowest BCUT2D eigenvalue weighted by Crippen LogP contribution is -2.20. The summed E-state index contributed by atoms with van der Waals surface area (Å²) < 4.78 is 10.4. The Morgan fingerprint density at radius 2 is 2.00 bits per heavy atom. The average molecular weight is 337 g/mol. The Hall–Kier alpha value is -3.08. The third-order valence-corrected chi connectivity index (χ3v) is 3.81. The largest absolute Gasteiger partial charge is 0.493 e. The number of carbonyl (C=O) groups excluding carboxylic acids is 2. The van der Waals surface area contributed by atoms with Crippen LogP contribution in [0.25, 0.3) is 6.08 Å². The van der Waals surface area contributed by atoms with E-state index >= 15 is 0 Å². The highest BCUT2D eigenvalue weighted by Crippen LogP contribution is 2.26. The molecule has 3 rings (SSSR count). The summed E-state index contributed by atoms with van der Waals surface area (Å²) in [5.74, 6) is -0.0383. The van der Waals surface area contributed by atoms with Crippen LogP contribution < -0.4 is 10.1 Å². The van der Waals surface area contributed by atoms with Crippen LogP contribution in [0.5, 0.6) is 5.75 Å². The van der Waals surface area contributed by atoms with Gasteiger partial charge in [0.05, 0.1) is 6.61 Å². The zero-order valence-corrected chi connectivity index (χ0v) is 14.0. The van der Waals surface area contributed by atoms with Gasteiger partial charge in [0, 0.05) is 18.2 Å². The van der Waals surface area contributed by atoms with Gasteiger partial charge in [-0.3, -0.25) is 4.79 Å². The average Bonchev–Trinajstić information content (AvgIpc) is 3.08. The number of rotatable bonds is 5. The fraction of sp³-hybridized carbons (Fsp3) is 0.200. The van der Waals surface area contributed by atoms with Crippen molar-refractivity contribution in [1.29, 1.82) is 0 Å². The number of aryl methyl sites for hydroxylation is 1. The number of benzene rings is 2. The normalized spacial score (nSPS) is 12.5. The predicted molar refractivity (Wildman–Crippen MR) is 95.4 cm³/mol. The molecule has 1 N–H and O–H groups in total. The molecule has 0 bridgehead atoms. The minimum atomic E-state index is -0.559. The molecule has 0 unspecified atom stereocenters. The number of anilines is 1. The smallest absolute Gasteiger partial charge is 0.331 e. The van der Waals surface area contributed by atoms with E-state index in [1.165, 1.54) is 6.08 Å². The van der Waals surface area contributed by atoms with E-state index < -0.39 is 5.97 Å². The first kappa shape index (κ1) is 16.8. The van der Waals surface area contributed by atoms with E-state index in [1.807, 2.05) is 37.3 Å². The Labute approximate surface area is 146 Å². The molecule has 25 heavy (non-hydrogen) atoms. The van der Waals surface area contributed by atoms with E-state index in [0.717, 1.165) is 28.9 Å². The van der Waals surface area contributed by atoms with Crippen LogP contribution in [0, 0.1) is 6.92 Å². The molecule has 2 aromatic rings. The van der Waals surface area contributed by atoms with E-state index in [2.05, 4.69) is 5.32 Å². The SMILES string of the molecule is Cc1ccc(NC(=O)COC(=O)/C=C/c2ccc3c(c2)CCO3)cc1. The summed E-state index contributed by atoms with van der Waals surface area (Å²) in [7, 11) is 0. The number of carbonyl (C=O) groups is 2. The van der Waals surface area contributed by atoms with Crippen LogP contribution in [0.4, 0.5) is 5.69 Å². The van der Waals surface area contributed by atoms with Gasteiger partial charge in [-0.1, -0.05) is 23.8 Å². The minimum absolute atomic E-state index is 0.324. The van der Waals surface area contributed by atoms with Crippen LogP contribution in [0.2, 0.25) is 0 Å². The zero-order valence-electron chi connectivity index (χ0n) is 14.0. The van der Waals surface area contributed by atoms with E-state index in [9.17, 15) is 9.59 Å². The number of amides is 1. The number of hydrogen-bond acceptors (Lipinski definition) is 4. The Morgan fingerprint density at radius 3 is 2.80 bits per heavy atom. The maximum absolute atomic E-state index is 11.8. The van der Waals surface area contributed by atoms with Gasteiger partial charge in [-0.15, -0.1) is 0 Å². The van der Waals surface area contributed by atoms with Crippen LogP contribution >= 0.6 is 0 Å². The maximum Gasteiger partial charge on any atom is 0.331 e. The summed E-state index contributed by atoms with van der Waals surface area (Å²) in [6.07, 6.45) is 3.86. The third-order valence-electron chi connectivity index (χ3n) is 3.81. The monoisotopic (exact) mass is 337 g/mol. The zero-order chi connectivity index (χ0) is 17.6. The molecule has 5 nitrogen and oxygen atoms in total. The summed E-state index contributed by atoms with van der Waals surface area (Å²) in [6.45, 7) is 2.34. The van der Waals surface area contributed by atoms with Gasteiger partial charge in [-0.2, -0.15) is 0 Å². The van der Waals surface area contributed by atoms with Gasteiger partial charge < -0.3 is 14.8 Å². The summed E-state index contributed by atoms with van der Waals surface area (Å²) in [6, 6.07) is 13.1. The number of esters is 1. The van der Waals surface area contributed by atoms with Crippen molar-refractivity contribution in [3.8, 4) is 5.75 Å². The molecule has 0 atom stereocenters. The first-order chi connectivity index (χ1) is 12.1. The minimum Gasteiger partial charge on any atom is -0.493 e. The van der Waals surface area contributed by atoms with Gasteiger partial charge in [0.15, 0.2) is 6.61 Å². The van der Waals surface area contributed by atoms with Gasteiger partial charge in [0.1, 0.15) is 5.75 Å². The predicted octanol–water partition coefficient (Wildman–Crippen LogP) is 3.13. The molecular formula is C20H19NO4. The molecular weight excluding hydrogens is 318 g/mol. The van der Waals surface area contributed by atoms with Crippen LogP contribution in [0.15, 0.2) is 48.5 Å². The fourth-order valence-corrected chi connectivity index (χ4v) is 2.49. The van der Waals surface area contributed by atoms with Crippen molar-refractivity contribution in [2.24, 2.45) is 0 Å². The summed E-state index contributed by atoms with van der Waals surface area (Å²) >= 11 is 0. The van der Waals surface area contributed by atoms with E-state index in [0.29, 0.717) is 12.3 Å². The second kappa shape index (κ2) is 7.66. The first-order valence-corrected chi connectivity index (χ1v) is 8.07. The van der Waals surface area contributed by atoms with Crippen molar-refractivity contribution in [1.82, 2.24) is 0 Å². The quantitative estimate of drug-likeness (QED) is 0.672. The van der Waals surface area contributed by atoms with E-state index in [4.69, 9.17) is 9.47 Å². The molecule has 2 aromatic carbocycles. The Kier molecular flexibility index (Phi) is 5.14. The summed E-state index contributed by atoms with van der Waals surface area (Å²) in [5.41, 5.74) is 3.80. The number of nitrogens with one attached hydrogen (secondary N) is 1. The molecule has 0 aromatic heterocycles. The number of ether oxygens (including phenoxy) is 2. The molecule has 1 amide bonds. The van der Waals surface area contributed by atoms with Crippen molar-refractivity contribution in [3.05, 3.63) is 65.2 Å². The van der Waals surface area contributed by atoms with Crippen LogP contribution in [-0.2, 0) is 20.7 Å². The lowest BCUT2D eigenvalue weighted by molar-refractivity contribution is -0.142. The van der Waals surface area contributed by atoms with Gasteiger partial charge in [-0.05, 0) is 48.4 Å². The highest BCUT2D eigenvalue weighted by atomic mass is 16.5. The molecule has 0 aliphatic carbocycles. The van der Waals surface area contributed by atoms with Crippen molar-refractivity contribution in [2.45, 2.75) is 13.3 Å². The second-order valence-corrected chi connectivity index (χ2v) is 5.82. The second-order valence-electron chi connectivity index (χ2n) is 5.82. The van der Waals surface area contributed by atoms with Crippen molar-refractivity contribution in [2.75, 3.05) is 18.5 Å². The molecule has 1 heterocycles.